The lowest BCUT2D eigenvalue weighted by Crippen LogP contribution is -2.77. The molecule has 2 bridgehead atoms. The largest absolute Gasteiger partial charge is 0.473 e. The number of fused-ring (bicyclic) bond motifs is 2. The highest BCUT2D eigenvalue weighted by Crippen LogP contribution is 2.67. The van der Waals surface area contributed by atoms with E-state index in [9.17, 15) is 10.1 Å². The summed E-state index contributed by atoms with van der Waals surface area (Å²) in [5.74, 6) is 0.539. The van der Waals surface area contributed by atoms with E-state index >= 15 is 0 Å². The lowest BCUT2D eigenvalue weighted by atomic mass is 9.40. The predicted octanol–water partition coefficient (Wildman–Crippen LogP) is 2.55. The van der Waals surface area contributed by atoms with Gasteiger partial charge in [0.25, 0.3) is 0 Å². The van der Waals surface area contributed by atoms with E-state index in [4.69, 9.17) is 25.7 Å². The van der Waals surface area contributed by atoms with Gasteiger partial charge in [-0.1, -0.05) is 13.8 Å². The van der Waals surface area contributed by atoms with Gasteiger partial charge in [-0.2, -0.15) is 0 Å². The van der Waals surface area contributed by atoms with Crippen LogP contribution in [0, 0.1) is 11.3 Å². The van der Waals surface area contributed by atoms with Crippen LogP contribution in [-0.2, 0) is 14.1 Å². The maximum atomic E-state index is 10.9. The maximum Gasteiger partial charge on any atom is 0.473 e. The van der Waals surface area contributed by atoms with E-state index in [-0.39, 0.29) is 11.5 Å². The van der Waals surface area contributed by atoms with Gasteiger partial charge in [0.1, 0.15) is 0 Å². The standard InChI is InChI=1S/C18H32BClO5/c1-16(2)13-7-8-17(3,21)18(16,11-13)25-19(22)15(20)6-4-5-14-12-23-9-10-24-14/h13-15,21-22H,4-12H2,1-3H3/t13?,14?,15-,17?,18?/m0/s1. The molecule has 1 saturated heterocycles. The van der Waals surface area contributed by atoms with Gasteiger partial charge in [-0.3, -0.25) is 0 Å². The third-order valence-electron chi connectivity index (χ3n) is 6.97. The second-order valence-electron chi connectivity index (χ2n) is 8.79. The molecular weight excluding hydrogens is 342 g/mol. The highest BCUT2D eigenvalue weighted by atomic mass is 35.5. The minimum absolute atomic E-state index is 0.125. The van der Waals surface area contributed by atoms with E-state index in [1.807, 2.05) is 6.92 Å². The molecule has 0 amide bonds. The van der Waals surface area contributed by atoms with Gasteiger partial charge in [0.05, 0.1) is 42.4 Å². The van der Waals surface area contributed by atoms with Crippen molar-refractivity contribution in [2.75, 3.05) is 19.8 Å². The van der Waals surface area contributed by atoms with Crippen molar-refractivity contribution in [3.63, 3.8) is 0 Å². The molecule has 4 rings (SSSR count). The second-order valence-corrected chi connectivity index (χ2v) is 9.35. The van der Waals surface area contributed by atoms with Gasteiger partial charge in [0, 0.05) is 0 Å². The average molecular weight is 375 g/mol. The molecule has 144 valence electrons. The molecule has 4 unspecified atom stereocenters. The average Bonchev–Trinajstić information content (AvgIpc) is 2.56. The van der Waals surface area contributed by atoms with Gasteiger partial charge < -0.3 is 24.3 Å². The number of hydrogen-bond acceptors (Lipinski definition) is 5. The fraction of sp³-hybridized carbons (Fsp3) is 1.00. The third-order valence-corrected chi connectivity index (χ3v) is 7.40. The monoisotopic (exact) mass is 374 g/mol. The predicted molar refractivity (Wildman–Crippen MR) is 97.6 cm³/mol. The highest BCUT2D eigenvalue weighted by molar-refractivity contribution is 6.58. The Balaban J connectivity index is 1.51. The summed E-state index contributed by atoms with van der Waals surface area (Å²) < 4.78 is 17.1. The fourth-order valence-electron chi connectivity index (χ4n) is 5.09. The van der Waals surface area contributed by atoms with Crippen LogP contribution in [0.25, 0.3) is 0 Å². The molecule has 0 aromatic carbocycles. The van der Waals surface area contributed by atoms with Crippen molar-refractivity contribution >= 4 is 18.7 Å². The van der Waals surface area contributed by atoms with Crippen LogP contribution in [0.1, 0.15) is 59.3 Å². The molecule has 0 aromatic heterocycles. The number of ether oxygens (including phenoxy) is 2. The summed E-state index contributed by atoms with van der Waals surface area (Å²) in [6.07, 6.45) is 4.99. The van der Waals surface area contributed by atoms with E-state index in [0.717, 1.165) is 25.7 Å². The van der Waals surface area contributed by atoms with Crippen LogP contribution in [0.4, 0.5) is 0 Å². The molecule has 1 aliphatic heterocycles. The number of hydrogen-bond donors (Lipinski definition) is 2. The van der Waals surface area contributed by atoms with E-state index < -0.39 is 23.6 Å². The molecule has 7 heteroatoms. The van der Waals surface area contributed by atoms with Crippen molar-refractivity contribution in [2.24, 2.45) is 11.3 Å². The molecule has 4 fully saturated rings. The smallest absolute Gasteiger partial charge is 0.426 e. The summed E-state index contributed by atoms with van der Waals surface area (Å²) in [6.45, 7) is 8.04. The van der Waals surface area contributed by atoms with Gasteiger partial charge in [0.15, 0.2) is 0 Å². The van der Waals surface area contributed by atoms with E-state index in [2.05, 4.69) is 13.8 Å². The first-order valence-corrected chi connectivity index (χ1v) is 10.0. The molecule has 0 spiro atoms. The van der Waals surface area contributed by atoms with Crippen LogP contribution >= 0.6 is 11.6 Å². The quantitative estimate of drug-likeness (QED) is 0.529. The van der Waals surface area contributed by atoms with Gasteiger partial charge in [-0.05, 0) is 56.8 Å². The second kappa shape index (κ2) is 7.29. The first-order valence-electron chi connectivity index (χ1n) is 9.61. The first kappa shape index (κ1) is 19.9. The Labute approximate surface area is 156 Å². The molecular formula is C18H32BClO5. The van der Waals surface area contributed by atoms with E-state index in [1.54, 1.807) is 0 Å². The molecule has 3 saturated carbocycles. The van der Waals surface area contributed by atoms with Crippen LogP contribution in [0.5, 0.6) is 0 Å². The van der Waals surface area contributed by atoms with Crippen LogP contribution < -0.4 is 0 Å². The van der Waals surface area contributed by atoms with Crippen molar-refractivity contribution in [3.05, 3.63) is 0 Å². The van der Waals surface area contributed by atoms with Gasteiger partial charge in [0.2, 0.25) is 0 Å². The van der Waals surface area contributed by atoms with Gasteiger partial charge in [-0.25, -0.2) is 0 Å². The summed E-state index contributed by atoms with van der Waals surface area (Å²) in [5, 5.41) is 21.0. The van der Waals surface area contributed by atoms with Gasteiger partial charge in [-0.15, -0.1) is 11.6 Å². The van der Waals surface area contributed by atoms with Crippen molar-refractivity contribution < 1.29 is 24.3 Å². The van der Waals surface area contributed by atoms with Crippen LogP contribution in [0.3, 0.4) is 0 Å². The van der Waals surface area contributed by atoms with E-state index in [1.165, 1.54) is 0 Å². The van der Waals surface area contributed by atoms with Crippen LogP contribution in [0.2, 0.25) is 0 Å². The molecule has 1 heterocycles. The Morgan fingerprint density at radius 1 is 1.32 bits per heavy atom. The van der Waals surface area contributed by atoms with Crippen molar-refractivity contribution in [3.8, 4) is 0 Å². The lowest BCUT2D eigenvalue weighted by molar-refractivity contribution is -0.304. The molecule has 2 N–H and O–H groups in total. The zero-order chi connectivity index (χ0) is 18.3. The molecule has 4 aliphatic rings. The number of rotatable bonds is 7. The van der Waals surface area contributed by atoms with Crippen molar-refractivity contribution in [1.29, 1.82) is 0 Å². The molecule has 25 heavy (non-hydrogen) atoms. The molecule has 0 aromatic rings. The minimum atomic E-state index is -1.07. The van der Waals surface area contributed by atoms with Gasteiger partial charge >= 0.3 is 7.12 Å². The minimum Gasteiger partial charge on any atom is -0.426 e. The summed E-state index contributed by atoms with van der Waals surface area (Å²) >= 11 is 6.41. The summed E-state index contributed by atoms with van der Waals surface area (Å²) in [4.78, 5) is 0. The first-order chi connectivity index (χ1) is 11.7. The normalized spacial score (nSPS) is 41.0. The third kappa shape index (κ3) is 3.51. The fourth-order valence-corrected chi connectivity index (χ4v) is 5.30. The molecule has 5 nitrogen and oxygen atoms in total. The Morgan fingerprint density at radius 2 is 2.08 bits per heavy atom. The van der Waals surface area contributed by atoms with Crippen LogP contribution in [0.15, 0.2) is 0 Å². The zero-order valence-corrected chi connectivity index (χ0v) is 16.4. The van der Waals surface area contributed by atoms with E-state index in [0.29, 0.717) is 38.6 Å². The Kier molecular flexibility index (Phi) is 5.80. The summed E-state index contributed by atoms with van der Waals surface area (Å²) in [7, 11) is -1.07. The summed E-state index contributed by atoms with van der Waals surface area (Å²) in [6, 6.07) is 0. The molecule has 5 atom stereocenters. The lowest BCUT2D eigenvalue weighted by Gasteiger charge is -2.71. The highest BCUT2D eigenvalue weighted by Gasteiger charge is 2.71. The van der Waals surface area contributed by atoms with Crippen molar-refractivity contribution in [1.82, 2.24) is 0 Å². The maximum absolute atomic E-state index is 10.9. The molecule has 3 aliphatic carbocycles. The SMILES string of the molecule is CC1(O)CCC2CC1(OB(O)[C@@H](Cl)CCCC1COCCO1)C2(C)C. The Morgan fingerprint density at radius 3 is 2.68 bits per heavy atom. The molecule has 0 radical (unpaired) electrons. The topological polar surface area (TPSA) is 68.2 Å². The Bertz CT molecular complexity index is 458. The number of aliphatic hydroxyl groups is 1. The zero-order valence-electron chi connectivity index (χ0n) is 15.7. The Hall–Kier alpha value is 0.155. The van der Waals surface area contributed by atoms with Crippen LogP contribution in [-0.4, -0.2) is 59.7 Å². The summed E-state index contributed by atoms with van der Waals surface area (Å²) in [5.41, 5.74) is -1.80. The number of halogens is 1. The van der Waals surface area contributed by atoms with Crippen molar-refractivity contribution in [2.45, 2.75) is 81.9 Å². The number of alkyl halides is 1.